The number of imidazole rings is 1. The van der Waals surface area contributed by atoms with Crippen LogP contribution in [-0.2, 0) is 7.05 Å². The molecule has 0 spiro atoms. The van der Waals surface area contributed by atoms with Gasteiger partial charge in [0, 0.05) is 7.05 Å². The van der Waals surface area contributed by atoms with E-state index < -0.39 is 0 Å². The van der Waals surface area contributed by atoms with E-state index in [4.69, 9.17) is 12.2 Å². The monoisotopic (exact) mass is 304 g/mol. The molecule has 1 N–H and O–H groups in total. The van der Waals surface area contributed by atoms with Crippen molar-refractivity contribution in [2.24, 2.45) is 7.05 Å². The van der Waals surface area contributed by atoms with Crippen LogP contribution >= 0.6 is 24.0 Å². The second-order valence-corrected chi connectivity index (χ2v) is 5.42. The number of aryl methyl sites for hydroxylation is 1. The molecule has 0 radical (unpaired) electrons. The van der Waals surface area contributed by atoms with E-state index in [0.29, 0.717) is 15.9 Å². The van der Waals surface area contributed by atoms with Gasteiger partial charge in [-0.05, 0) is 30.6 Å². The van der Waals surface area contributed by atoms with Crippen LogP contribution in [0.1, 0.15) is 0 Å². The summed E-state index contributed by atoms with van der Waals surface area (Å²) in [6, 6.07) is 9.34. The lowest BCUT2D eigenvalue weighted by molar-refractivity contribution is 0.808. The number of nitrogens with zero attached hydrogens (tertiary/aromatic N) is 3. The smallest absolute Gasteiger partial charge is 0.285 e. The third kappa shape index (κ3) is 1.90. The predicted octanol–water partition coefficient (Wildman–Crippen LogP) is 2.50. The number of fused-ring (bicyclic) bond motifs is 1. The number of H-pyrrole nitrogens is 1. The highest BCUT2D eigenvalue weighted by Crippen LogP contribution is 2.17. The molecule has 5 nitrogen and oxygen atoms in total. The van der Waals surface area contributed by atoms with Gasteiger partial charge in [0.05, 0.1) is 5.69 Å². The van der Waals surface area contributed by atoms with E-state index >= 15 is 0 Å². The second-order valence-electron chi connectivity index (χ2n) is 4.26. The van der Waals surface area contributed by atoms with E-state index in [2.05, 4.69) is 9.97 Å². The van der Waals surface area contributed by atoms with E-state index in [1.54, 1.807) is 4.57 Å². The van der Waals surface area contributed by atoms with Crippen LogP contribution in [0.25, 0.3) is 16.9 Å². The van der Waals surface area contributed by atoms with Crippen LogP contribution in [0, 0.1) is 4.77 Å². The maximum Gasteiger partial charge on any atom is 0.285 e. The van der Waals surface area contributed by atoms with Gasteiger partial charge in [-0.3, -0.25) is 9.36 Å². The molecule has 0 unspecified atom stereocenters. The molecule has 102 valence electrons. The molecule has 0 aliphatic carbocycles. The number of thioether (sulfide) groups is 1. The Labute approximate surface area is 124 Å². The Morgan fingerprint density at radius 2 is 2.00 bits per heavy atom. The van der Waals surface area contributed by atoms with Crippen molar-refractivity contribution in [1.82, 2.24) is 19.1 Å². The number of benzene rings is 1. The van der Waals surface area contributed by atoms with Gasteiger partial charge < -0.3 is 9.55 Å². The molecule has 2 heterocycles. The first-order chi connectivity index (χ1) is 9.63. The molecule has 0 amide bonds. The zero-order valence-corrected chi connectivity index (χ0v) is 12.6. The summed E-state index contributed by atoms with van der Waals surface area (Å²) in [4.78, 5) is 20.1. The van der Waals surface area contributed by atoms with Crippen LogP contribution in [0.5, 0.6) is 0 Å². The van der Waals surface area contributed by atoms with Gasteiger partial charge in [-0.15, -0.1) is 0 Å². The highest BCUT2D eigenvalue weighted by Gasteiger charge is 2.14. The van der Waals surface area contributed by atoms with Gasteiger partial charge in [-0.1, -0.05) is 30.0 Å². The van der Waals surface area contributed by atoms with Gasteiger partial charge in [0.2, 0.25) is 0 Å². The predicted molar refractivity (Wildman–Crippen MR) is 83.3 cm³/mol. The zero-order chi connectivity index (χ0) is 14.3. The molecule has 0 saturated carbocycles. The van der Waals surface area contributed by atoms with Crippen LogP contribution < -0.4 is 5.56 Å². The molecule has 20 heavy (non-hydrogen) atoms. The van der Waals surface area contributed by atoms with Gasteiger partial charge in [0.25, 0.3) is 5.56 Å². The minimum atomic E-state index is -0.162. The molecular formula is C13H12N4OS2. The van der Waals surface area contributed by atoms with E-state index in [9.17, 15) is 4.79 Å². The normalized spacial score (nSPS) is 11.1. The van der Waals surface area contributed by atoms with Crippen LogP contribution in [0.3, 0.4) is 0 Å². The average molecular weight is 304 g/mol. The first-order valence-electron chi connectivity index (χ1n) is 5.94. The van der Waals surface area contributed by atoms with E-state index in [1.807, 2.05) is 43.6 Å². The Kier molecular flexibility index (Phi) is 3.23. The van der Waals surface area contributed by atoms with Crippen molar-refractivity contribution < 1.29 is 0 Å². The van der Waals surface area contributed by atoms with E-state index in [-0.39, 0.29) is 5.56 Å². The quantitative estimate of drug-likeness (QED) is 0.584. The van der Waals surface area contributed by atoms with Crippen molar-refractivity contribution in [1.29, 1.82) is 0 Å². The number of hydrogen-bond donors (Lipinski definition) is 1. The highest BCUT2D eigenvalue weighted by molar-refractivity contribution is 7.98. The first kappa shape index (κ1) is 13.1. The Morgan fingerprint density at radius 1 is 1.30 bits per heavy atom. The molecule has 7 heteroatoms. The van der Waals surface area contributed by atoms with Crippen molar-refractivity contribution in [2.75, 3.05) is 6.26 Å². The molecule has 3 aromatic rings. The lowest BCUT2D eigenvalue weighted by atomic mass is 10.3. The first-order valence-corrected chi connectivity index (χ1v) is 7.58. The van der Waals surface area contributed by atoms with Crippen molar-refractivity contribution >= 4 is 35.1 Å². The molecular weight excluding hydrogens is 292 g/mol. The van der Waals surface area contributed by atoms with Crippen LogP contribution in [-0.4, -0.2) is 25.4 Å². The number of nitrogens with one attached hydrogen (secondary N) is 1. The Morgan fingerprint density at radius 3 is 2.65 bits per heavy atom. The van der Waals surface area contributed by atoms with Gasteiger partial charge in [0.15, 0.2) is 21.1 Å². The largest absolute Gasteiger partial charge is 0.316 e. The summed E-state index contributed by atoms with van der Waals surface area (Å²) < 4.78 is 3.62. The topological polar surface area (TPSA) is 55.6 Å². The summed E-state index contributed by atoms with van der Waals surface area (Å²) in [7, 11) is 1.83. The molecule has 0 saturated heterocycles. The minimum Gasteiger partial charge on any atom is -0.316 e. The van der Waals surface area contributed by atoms with Crippen molar-refractivity contribution in [3.8, 4) is 5.69 Å². The summed E-state index contributed by atoms with van der Waals surface area (Å²) in [6.45, 7) is 0. The summed E-state index contributed by atoms with van der Waals surface area (Å²) in [6.07, 6.45) is 1.92. The molecule has 2 aromatic heterocycles. The minimum absolute atomic E-state index is 0.162. The van der Waals surface area contributed by atoms with Gasteiger partial charge in [0.1, 0.15) is 0 Å². The number of hydrogen-bond acceptors (Lipinski definition) is 4. The Bertz CT molecular complexity index is 892. The number of para-hydroxylation sites is 1. The Balaban J connectivity index is 2.44. The van der Waals surface area contributed by atoms with Gasteiger partial charge in [-0.25, -0.2) is 4.98 Å². The zero-order valence-electron chi connectivity index (χ0n) is 11.0. The summed E-state index contributed by atoms with van der Waals surface area (Å²) in [5.74, 6) is 0. The summed E-state index contributed by atoms with van der Waals surface area (Å²) >= 11 is 6.78. The lowest BCUT2D eigenvalue weighted by Crippen LogP contribution is -2.22. The van der Waals surface area contributed by atoms with Crippen molar-refractivity contribution in [3.63, 3.8) is 0 Å². The lowest BCUT2D eigenvalue weighted by Gasteiger charge is -2.06. The molecule has 0 fully saturated rings. The Hall–Kier alpha value is -1.86. The van der Waals surface area contributed by atoms with E-state index in [1.165, 1.54) is 16.3 Å². The van der Waals surface area contributed by atoms with Crippen LogP contribution in [0.4, 0.5) is 0 Å². The fourth-order valence-corrected chi connectivity index (χ4v) is 2.99. The maximum atomic E-state index is 12.7. The molecule has 3 rings (SSSR count). The fraction of sp³-hybridized carbons (Fsp3) is 0.154. The van der Waals surface area contributed by atoms with Crippen LogP contribution in [0.15, 0.2) is 40.3 Å². The average Bonchev–Trinajstić information content (AvgIpc) is 2.76. The van der Waals surface area contributed by atoms with Crippen molar-refractivity contribution in [3.05, 3.63) is 45.5 Å². The molecule has 1 aromatic carbocycles. The third-order valence-corrected chi connectivity index (χ3v) is 4.10. The maximum absolute atomic E-state index is 12.7. The van der Waals surface area contributed by atoms with E-state index in [0.717, 1.165) is 10.8 Å². The molecule has 0 bridgehead atoms. The van der Waals surface area contributed by atoms with Crippen molar-refractivity contribution in [2.45, 2.75) is 5.16 Å². The number of rotatable bonds is 2. The second kappa shape index (κ2) is 4.92. The fourth-order valence-electron chi connectivity index (χ4n) is 2.16. The third-order valence-electron chi connectivity index (χ3n) is 3.09. The highest BCUT2D eigenvalue weighted by atomic mass is 32.2. The molecule has 0 atom stereocenters. The summed E-state index contributed by atoms with van der Waals surface area (Å²) in [5.41, 5.74) is 1.63. The number of aromatic amines is 1. The summed E-state index contributed by atoms with van der Waals surface area (Å²) in [5, 5.41) is 0.772. The molecule has 0 aliphatic rings. The standard InChI is InChI=1S/C13H12N4OS2/c1-16-9-10(15-13(16)20-2)14-12(19)17(11(9)18)8-6-4-3-5-7-8/h3-7H,1-2H3,(H,14,19). The molecule has 0 aliphatic heterocycles. The van der Waals surface area contributed by atoms with Crippen LogP contribution in [0.2, 0.25) is 0 Å². The van der Waals surface area contributed by atoms with Gasteiger partial charge >= 0.3 is 0 Å². The number of aromatic nitrogens is 4. The SMILES string of the molecule is CSc1nc2[nH]c(=S)n(-c3ccccc3)c(=O)c2n1C. The van der Waals surface area contributed by atoms with Gasteiger partial charge in [-0.2, -0.15) is 0 Å².